The van der Waals surface area contributed by atoms with Crippen LogP contribution in [0.15, 0.2) is 53.8 Å². The van der Waals surface area contributed by atoms with E-state index < -0.39 is 0 Å². The number of hydrogen-bond acceptors (Lipinski definition) is 4. The third-order valence-electron chi connectivity index (χ3n) is 4.60. The summed E-state index contributed by atoms with van der Waals surface area (Å²) in [5.41, 5.74) is 3.54. The third-order valence-corrected chi connectivity index (χ3v) is 4.85. The van der Waals surface area contributed by atoms with E-state index in [2.05, 4.69) is 21.4 Å². The Balaban J connectivity index is 1.75. The number of nitrogens with zero attached hydrogens (tertiary/aromatic N) is 4. The SMILES string of the molecule is N#Cc1c(N=Cc2cccnc2)c(C(=O)Nc2ccc(Cl)cc2)n2c1CCC2. The van der Waals surface area contributed by atoms with Gasteiger partial charge in [-0.05, 0) is 43.2 Å². The molecule has 2 aromatic heterocycles. The fourth-order valence-electron chi connectivity index (χ4n) is 3.35. The summed E-state index contributed by atoms with van der Waals surface area (Å²) in [7, 11) is 0. The average molecular weight is 390 g/mol. The minimum Gasteiger partial charge on any atom is -0.337 e. The van der Waals surface area contributed by atoms with Crippen LogP contribution < -0.4 is 5.32 Å². The monoisotopic (exact) mass is 389 g/mol. The minimum absolute atomic E-state index is 0.301. The Morgan fingerprint density at radius 3 is 2.86 bits per heavy atom. The van der Waals surface area contributed by atoms with Crippen molar-refractivity contribution in [1.82, 2.24) is 9.55 Å². The molecule has 0 spiro atoms. The first-order chi connectivity index (χ1) is 13.7. The van der Waals surface area contributed by atoms with Crippen molar-refractivity contribution < 1.29 is 4.79 Å². The van der Waals surface area contributed by atoms with E-state index in [1.54, 1.807) is 48.9 Å². The van der Waals surface area contributed by atoms with Gasteiger partial charge < -0.3 is 9.88 Å². The number of benzene rings is 1. The smallest absolute Gasteiger partial charge is 0.274 e. The van der Waals surface area contributed by atoms with Crippen LogP contribution in [0.1, 0.15) is 33.7 Å². The number of aromatic nitrogens is 2. The van der Waals surface area contributed by atoms with Crippen molar-refractivity contribution >= 4 is 35.1 Å². The molecule has 3 aromatic rings. The predicted octanol–water partition coefficient (Wildman–Crippen LogP) is 4.36. The topological polar surface area (TPSA) is 83.1 Å². The molecule has 1 aliphatic rings. The first kappa shape index (κ1) is 18.0. The van der Waals surface area contributed by atoms with E-state index >= 15 is 0 Å². The molecule has 6 nitrogen and oxygen atoms in total. The Kier molecular flexibility index (Phi) is 4.92. The summed E-state index contributed by atoms with van der Waals surface area (Å²) >= 11 is 5.91. The average Bonchev–Trinajstić information content (AvgIpc) is 3.28. The molecular formula is C21H16ClN5O. The van der Waals surface area contributed by atoms with Gasteiger partial charge in [0.1, 0.15) is 17.5 Å². The normalized spacial score (nSPS) is 12.7. The molecule has 7 heteroatoms. The molecule has 1 N–H and O–H groups in total. The van der Waals surface area contributed by atoms with Gasteiger partial charge in [0.15, 0.2) is 0 Å². The molecule has 0 unspecified atom stereocenters. The van der Waals surface area contributed by atoms with E-state index in [0.717, 1.165) is 24.1 Å². The number of hydrogen-bond donors (Lipinski definition) is 1. The predicted molar refractivity (Wildman–Crippen MR) is 108 cm³/mol. The molecule has 0 aliphatic carbocycles. The molecule has 0 saturated carbocycles. The lowest BCUT2D eigenvalue weighted by Gasteiger charge is -2.09. The molecule has 0 saturated heterocycles. The summed E-state index contributed by atoms with van der Waals surface area (Å²) in [6.45, 7) is 0.690. The number of anilines is 1. The van der Waals surface area contributed by atoms with Gasteiger partial charge in [-0.2, -0.15) is 5.26 Å². The van der Waals surface area contributed by atoms with Crippen LogP contribution in [0, 0.1) is 11.3 Å². The highest BCUT2D eigenvalue weighted by atomic mass is 35.5. The highest BCUT2D eigenvalue weighted by Crippen LogP contribution is 2.35. The second-order valence-electron chi connectivity index (χ2n) is 6.39. The van der Waals surface area contributed by atoms with E-state index in [1.165, 1.54) is 0 Å². The maximum absolute atomic E-state index is 13.1. The third kappa shape index (κ3) is 3.40. The largest absolute Gasteiger partial charge is 0.337 e. The molecule has 0 radical (unpaired) electrons. The standard InChI is InChI=1S/C21H16ClN5O/c22-15-5-7-16(8-6-15)26-21(28)20-19(25-13-14-3-1-9-24-12-14)17(11-23)18-4-2-10-27(18)20/h1,3,5-9,12-13H,2,4,10H2,(H,26,28). The maximum atomic E-state index is 13.1. The number of carbonyl (C=O) groups is 1. The van der Waals surface area contributed by atoms with E-state index in [1.807, 2.05) is 10.6 Å². The van der Waals surface area contributed by atoms with Crippen molar-refractivity contribution in [2.45, 2.75) is 19.4 Å². The molecule has 3 heterocycles. The zero-order valence-electron chi connectivity index (χ0n) is 14.9. The number of rotatable bonds is 4. The number of carbonyl (C=O) groups excluding carboxylic acids is 1. The van der Waals surface area contributed by atoms with E-state index in [9.17, 15) is 10.1 Å². The molecule has 4 rings (SSSR count). The number of amides is 1. The second-order valence-corrected chi connectivity index (χ2v) is 6.83. The number of aliphatic imine (C=N–C) groups is 1. The van der Waals surface area contributed by atoms with Crippen molar-refractivity contribution in [2.75, 3.05) is 5.32 Å². The fourth-order valence-corrected chi connectivity index (χ4v) is 3.48. The van der Waals surface area contributed by atoms with Crippen LogP contribution in [-0.2, 0) is 13.0 Å². The molecule has 1 aromatic carbocycles. The summed E-state index contributed by atoms with van der Waals surface area (Å²) in [6.07, 6.45) is 6.63. The second kappa shape index (κ2) is 7.67. The van der Waals surface area contributed by atoms with E-state index in [4.69, 9.17) is 11.6 Å². The lowest BCUT2D eigenvalue weighted by Crippen LogP contribution is -2.16. The van der Waals surface area contributed by atoms with Crippen LogP contribution in [0.3, 0.4) is 0 Å². The number of nitrogens with one attached hydrogen (secondary N) is 1. The maximum Gasteiger partial charge on any atom is 0.274 e. The zero-order valence-corrected chi connectivity index (χ0v) is 15.6. The van der Waals surface area contributed by atoms with Gasteiger partial charge in [-0.25, -0.2) is 0 Å². The molecular weight excluding hydrogens is 374 g/mol. The molecule has 0 fully saturated rings. The van der Waals surface area contributed by atoms with Gasteiger partial charge in [0, 0.05) is 47.1 Å². The summed E-state index contributed by atoms with van der Waals surface area (Å²) in [5, 5.41) is 13.2. The molecule has 28 heavy (non-hydrogen) atoms. The molecule has 1 aliphatic heterocycles. The summed E-state index contributed by atoms with van der Waals surface area (Å²) in [4.78, 5) is 21.6. The first-order valence-electron chi connectivity index (χ1n) is 8.84. The van der Waals surface area contributed by atoms with Gasteiger partial charge >= 0.3 is 0 Å². The molecule has 0 atom stereocenters. The Morgan fingerprint density at radius 1 is 1.32 bits per heavy atom. The van der Waals surface area contributed by atoms with Crippen LogP contribution in [-0.4, -0.2) is 21.7 Å². The minimum atomic E-state index is -0.301. The number of pyridine rings is 1. The lowest BCUT2D eigenvalue weighted by atomic mass is 10.1. The summed E-state index contributed by atoms with van der Waals surface area (Å²) in [6, 6.07) is 12.8. The first-order valence-corrected chi connectivity index (χ1v) is 9.21. The molecule has 138 valence electrons. The van der Waals surface area contributed by atoms with Gasteiger partial charge in [0.25, 0.3) is 5.91 Å². The van der Waals surface area contributed by atoms with Crippen molar-refractivity contribution in [3.63, 3.8) is 0 Å². The number of halogens is 1. The van der Waals surface area contributed by atoms with Crippen molar-refractivity contribution in [2.24, 2.45) is 4.99 Å². The van der Waals surface area contributed by atoms with Crippen LogP contribution in [0.4, 0.5) is 11.4 Å². The summed E-state index contributed by atoms with van der Waals surface area (Å²) in [5.74, 6) is -0.301. The highest BCUT2D eigenvalue weighted by Gasteiger charge is 2.29. The van der Waals surface area contributed by atoms with Gasteiger partial charge in [-0.15, -0.1) is 0 Å². The van der Waals surface area contributed by atoms with E-state index in [0.29, 0.717) is 34.2 Å². The van der Waals surface area contributed by atoms with Crippen LogP contribution in [0.2, 0.25) is 5.02 Å². The van der Waals surface area contributed by atoms with Crippen molar-refractivity contribution in [3.05, 3.63) is 76.3 Å². The zero-order chi connectivity index (χ0) is 19.5. The quantitative estimate of drug-likeness (QED) is 0.673. The Labute approximate surface area is 167 Å². The van der Waals surface area contributed by atoms with Crippen molar-refractivity contribution in [1.29, 1.82) is 5.26 Å². The highest BCUT2D eigenvalue weighted by molar-refractivity contribution is 6.30. The number of nitriles is 1. The van der Waals surface area contributed by atoms with Gasteiger partial charge in [0.2, 0.25) is 0 Å². The fraction of sp³-hybridized carbons (Fsp3) is 0.143. The Bertz CT molecular complexity index is 1090. The van der Waals surface area contributed by atoms with Crippen LogP contribution in [0.5, 0.6) is 0 Å². The summed E-state index contributed by atoms with van der Waals surface area (Å²) < 4.78 is 1.90. The Morgan fingerprint density at radius 2 is 2.14 bits per heavy atom. The van der Waals surface area contributed by atoms with Crippen LogP contribution >= 0.6 is 11.6 Å². The molecule has 0 bridgehead atoms. The van der Waals surface area contributed by atoms with Crippen LogP contribution in [0.25, 0.3) is 0 Å². The van der Waals surface area contributed by atoms with Gasteiger partial charge in [-0.1, -0.05) is 17.7 Å². The van der Waals surface area contributed by atoms with Gasteiger partial charge in [0.05, 0.1) is 5.56 Å². The lowest BCUT2D eigenvalue weighted by molar-refractivity contribution is 0.101. The van der Waals surface area contributed by atoms with Gasteiger partial charge in [-0.3, -0.25) is 14.8 Å². The van der Waals surface area contributed by atoms with Crippen molar-refractivity contribution in [3.8, 4) is 6.07 Å². The Hall–Kier alpha value is -3.43. The van der Waals surface area contributed by atoms with E-state index in [-0.39, 0.29) is 5.91 Å². The molecule has 1 amide bonds. The number of fused-ring (bicyclic) bond motifs is 1.